The molecule has 3 aromatic rings. The first-order valence-electron chi connectivity index (χ1n) is 7.51. The van der Waals surface area contributed by atoms with E-state index in [1.54, 1.807) is 36.0 Å². The van der Waals surface area contributed by atoms with Gasteiger partial charge >= 0.3 is 5.97 Å². The zero-order valence-corrected chi connectivity index (χ0v) is 13.1. The van der Waals surface area contributed by atoms with Crippen LogP contribution in [0.25, 0.3) is 11.3 Å². The number of carbonyl (C=O) groups is 1. The Morgan fingerprint density at radius 2 is 1.88 bits per heavy atom. The van der Waals surface area contributed by atoms with Gasteiger partial charge in [0.25, 0.3) is 0 Å². The fourth-order valence-electron chi connectivity index (χ4n) is 2.65. The number of aliphatic hydroxyl groups is 1. The predicted molar refractivity (Wildman–Crippen MR) is 88.5 cm³/mol. The molecule has 2 aromatic heterocycles. The van der Waals surface area contributed by atoms with Crippen LogP contribution in [0.2, 0.25) is 0 Å². The van der Waals surface area contributed by atoms with E-state index in [0.717, 1.165) is 5.56 Å². The molecule has 0 aliphatic rings. The van der Waals surface area contributed by atoms with E-state index >= 15 is 0 Å². The molecule has 0 saturated heterocycles. The van der Waals surface area contributed by atoms with Crippen molar-refractivity contribution in [3.63, 3.8) is 0 Å². The predicted octanol–water partition coefficient (Wildman–Crippen LogP) is 2.46. The lowest BCUT2D eigenvalue weighted by Crippen LogP contribution is -2.08. The highest BCUT2D eigenvalue weighted by molar-refractivity contribution is 5.93. The van der Waals surface area contributed by atoms with Crippen LogP contribution in [0.1, 0.15) is 28.1 Å². The van der Waals surface area contributed by atoms with Crippen LogP contribution in [0.4, 0.5) is 0 Å². The molecule has 24 heavy (non-hydrogen) atoms. The molecule has 1 unspecified atom stereocenters. The van der Waals surface area contributed by atoms with Gasteiger partial charge in [-0.15, -0.1) is 0 Å². The summed E-state index contributed by atoms with van der Waals surface area (Å²) >= 11 is 0. The molecule has 0 bridgehead atoms. The molecule has 1 atom stereocenters. The van der Waals surface area contributed by atoms with Crippen LogP contribution in [-0.4, -0.2) is 30.7 Å². The number of aliphatic hydroxyl groups excluding tert-OH is 1. The number of rotatable bonds is 5. The number of aromatic carboxylic acids is 1. The van der Waals surface area contributed by atoms with Gasteiger partial charge in [-0.1, -0.05) is 36.4 Å². The smallest absolute Gasteiger partial charge is 0.356 e. The van der Waals surface area contributed by atoms with E-state index in [-0.39, 0.29) is 12.1 Å². The molecule has 0 aliphatic carbocycles. The lowest BCUT2D eigenvalue weighted by atomic mass is 10.1. The van der Waals surface area contributed by atoms with Crippen LogP contribution >= 0.6 is 0 Å². The highest BCUT2D eigenvalue weighted by Crippen LogP contribution is 2.26. The van der Waals surface area contributed by atoms with Crippen molar-refractivity contribution in [2.24, 2.45) is 7.05 Å². The van der Waals surface area contributed by atoms with Gasteiger partial charge in [-0.05, 0) is 12.1 Å². The molecular formula is C18H17N3O3. The van der Waals surface area contributed by atoms with E-state index in [4.69, 9.17) is 0 Å². The molecule has 122 valence electrons. The molecule has 1 aromatic carbocycles. The Labute approximate surface area is 139 Å². The van der Waals surface area contributed by atoms with Crippen molar-refractivity contribution < 1.29 is 15.0 Å². The third-order valence-corrected chi connectivity index (χ3v) is 3.84. The largest absolute Gasteiger partial charge is 0.476 e. The average Bonchev–Trinajstić information content (AvgIpc) is 2.93. The molecule has 0 fully saturated rings. The van der Waals surface area contributed by atoms with Crippen molar-refractivity contribution >= 4 is 5.97 Å². The van der Waals surface area contributed by atoms with Gasteiger partial charge in [0.2, 0.25) is 0 Å². The first-order chi connectivity index (χ1) is 11.6. The third-order valence-electron chi connectivity index (χ3n) is 3.84. The van der Waals surface area contributed by atoms with E-state index in [1.807, 2.05) is 30.3 Å². The Kier molecular flexibility index (Phi) is 4.39. The minimum absolute atomic E-state index is 0.0214. The van der Waals surface area contributed by atoms with Gasteiger partial charge in [0.1, 0.15) is 11.9 Å². The molecule has 2 N–H and O–H groups in total. The SMILES string of the molecule is Cn1c(CC(O)c2ccccn2)nc(C(=O)O)c1-c1ccccc1. The monoisotopic (exact) mass is 323 g/mol. The molecule has 0 saturated carbocycles. The number of imidazole rings is 1. The van der Waals surface area contributed by atoms with E-state index in [2.05, 4.69) is 9.97 Å². The second kappa shape index (κ2) is 6.64. The van der Waals surface area contributed by atoms with Gasteiger partial charge in [0.05, 0.1) is 11.4 Å². The summed E-state index contributed by atoms with van der Waals surface area (Å²) in [4.78, 5) is 19.9. The topological polar surface area (TPSA) is 88.2 Å². The molecular weight excluding hydrogens is 306 g/mol. The first-order valence-corrected chi connectivity index (χ1v) is 7.51. The molecule has 6 nitrogen and oxygen atoms in total. The maximum Gasteiger partial charge on any atom is 0.356 e. The van der Waals surface area contributed by atoms with Crippen molar-refractivity contribution in [1.82, 2.24) is 14.5 Å². The second-order valence-corrected chi connectivity index (χ2v) is 5.43. The maximum absolute atomic E-state index is 11.6. The summed E-state index contributed by atoms with van der Waals surface area (Å²) in [6.07, 6.45) is 0.938. The number of hydrogen-bond acceptors (Lipinski definition) is 4. The summed E-state index contributed by atoms with van der Waals surface area (Å²) in [7, 11) is 1.75. The van der Waals surface area contributed by atoms with Crippen molar-refractivity contribution in [3.05, 3.63) is 71.9 Å². The molecule has 0 amide bonds. The van der Waals surface area contributed by atoms with Gasteiger partial charge in [-0.3, -0.25) is 4.98 Å². The van der Waals surface area contributed by atoms with Gasteiger partial charge < -0.3 is 14.8 Å². The number of carboxylic acid groups (broad SMARTS) is 1. The molecule has 0 spiro atoms. The summed E-state index contributed by atoms with van der Waals surface area (Å²) in [5.41, 5.74) is 1.79. The zero-order chi connectivity index (χ0) is 17.1. The van der Waals surface area contributed by atoms with Crippen molar-refractivity contribution in [3.8, 4) is 11.3 Å². The van der Waals surface area contributed by atoms with Crippen LogP contribution in [0.3, 0.4) is 0 Å². The lowest BCUT2D eigenvalue weighted by Gasteiger charge is -2.11. The van der Waals surface area contributed by atoms with Crippen LogP contribution in [0, 0.1) is 0 Å². The summed E-state index contributed by atoms with van der Waals surface area (Å²) in [5, 5.41) is 19.8. The maximum atomic E-state index is 11.6. The van der Waals surface area contributed by atoms with Crippen LogP contribution < -0.4 is 0 Å². The van der Waals surface area contributed by atoms with Gasteiger partial charge in [0.15, 0.2) is 5.69 Å². The standard InChI is InChI=1S/C18H17N3O3/c1-21-15(11-14(22)13-9-5-6-10-19-13)20-16(18(23)24)17(21)12-7-3-2-4-8-12/h2-10,14,22H,11H2,1H3,(H,23,24). The van der Waals surface area contributed by atoms with Crippen LogP contribution in [-0.2, 0) is 13.5 Å². The average molecular weight is 323 g/mol. The normalized spacial score (nSPS) is 12.1. The summed E-state index contributed by atoms with van der Waals surface area (Å²) in [6.45, 7) is 0. The van der Waals surface area contributed by atoms with Crippen molar-refractivity contribution in [1.29, 1.82) is 0 Å². The molecule has 0 radical (unpaired) electrons. The summed E-state index contributed by atoms with van der Waals surface area (Å²) in [6, 6.07) is 14.5. The fraction of sp³-hybridized carbons (Fsp3) is 0.167. The summed E-state index contributed by atoms with van der Waals surface area (Å²) < 4.78 is 1.71. The van der Waals surface area contributed by atoms with Gasteiger partial charge in [0, 0.05) is 25.2 Å². The van der Waals surface area contributed by atoms with Crippen molar-refractivity contribution in [2.45, 2.75) is 12.5 Å². The van der Waals surface area contributed by atoms with Gasteiger partial charge in [-0.25, -0.2) is 9.78 Å². The number of nitrogens with zero attached hydrogens (tertiary/aromatic N) is 3. The Bertz CT molecular complexity index is 845. The third kappa shape index (κ3) is 3.04. The molecule has 3 rings (SSSR count). The Hall–Kier alpha value is -2.99. The van der Waals surface area contributed by atoms with Gasteiger partial charge in [-0.2, -0.15) is 0 Å². The number of carboxylic acids is 1. The number of benzene rings is 1. The fourth-order valence-corrected chi connectivity index (χ4v) is 2.65. The Balaban J connectivity index is 2.00. The highest BCUT2D eigenvalue weighted by Gasteiger charge is 2.23. The van der Waals surface area contributed by atoms with E-state index in [9.17, 15) is 15.0 Å². The lowest BCUT2D eigenvalue weighted by molar-refractivity contribution is 0.0691. The first kappa shape index (κ1) is 15.9. The van der Waals surface area contributed by atoms with E-state index in [1.165, 1.54) is 0 Å². The number of aromatic nitrogens is 3. The molecule has 6 heteroatoms. The van der Waals surface area contributed by atoms with Crippen molar-refractivity contribution in [2.75, 3.05) is 0 Å². The zero-order valence-electron chi connectivity index (χ0n) is 13.1. The van der Waals surface area contributed by atoms with Crippen LogP contribution in [0.5, 0.6) is 0 Å². The summed E-state index contributed by atoms with van der Waals surface area (Å²) in [5.74, 6) is -0.604. The van der Waals surface area contributed by atoms with Crippen LogP contribution in [0.15, 0.2) is 54.7 Å². The highest BCUT2D eigenvalue weighted by atomic mass is 16.4. The number of pyridine rings is 1. The minimum atomic E-state index is -1.09. The Morgan fingerprint density at radius 1 is 1.17 bits per heavy atom. The molecule has 2 heterocycles. The van der Waals surface area contributed by atoms with E-state index < -0.39 is 12.1 Å². The number of hydrogen-bond donors (Lipinski definition) is 2. The second-order valence-electron chi connectivity index (χ2n) is 5.43. The molecule has 0 aliphatic heterocycles. The minimum Gasteiger partial charge on any atom is -0.476 e. The van der Waals surface area contributed by atoms with E-state index in [0.29, 0.717) is 17.2 Å². The Morgan fingerprint density at radius 3 is 2.50 bits per heavy atom. The quantitative estimate of drug-likeness (QED) is 0.753.